The number of hydrogen-bond acceptors (Lipinski definition) is 8. The van der Waals surface area contributed by atoms with E-state index in [0.29, 0.717) is 28.3 Å². The number of aryl methyl sites for hydroxylation is 1. The summed E-state index contributed by atoms with van der Waals surface area (Å²) < 4.78 is 44.1. The summed E-state index contributed by atoms with van der Waals surface area (Å²) in [5.41, 5.74) is 2.48. The molecular weight excluding hydrogens is 529 g/mol. The number of halogens is 4. The number of benzene rings is 2. The van der Waals surface area contributed by atoms with E-state index in [1.165, 1.54) is 0 Å². The Morgan fingerprint density at radius 2 is 1.74 bits per heavy atom. The maximum atomic E-state index is 10.6. The lowest BCUT2D eigenvalue weighted by Gasteiger charge is -2.12. The van der Waals surface area contributed by atoms with Crippen molar-refractivity contribution in [3.63, 3.8) is 0 Å². The SMILES string of the molecule is COc1ccc(Nc2nccc(Nc3cc(C)nn3-c3cccc(Cl)c3)n2)cc1OC.O=C(O)C(F)(F)F. The largest absolute Gasteiger partial charge is 0.493 e. The summed E-state index contributed by atoms with van der Waals surface area (Å²) in [6.07, 6.45) is -3.41. The number of methoxy groups -OCH3 is 2. The zero-order valence-corrected chi connectivity index (χ0v) is 21.0. The molecule has 200 valence electrons. The molecule has 0 spiro atoms. The molecule has 0 saturated carbocycles. The molecule has 3 N–H and O–H groups in total. The highest BCUT2D eigenvalue weighted by molar-refractivity contribution is 6.30. The average molecular weight is 551 g/mol. The lowest BCUT2D eigenvalue weighted by Crippen LogP contribution is -2.21. The molecule has 2 heterocycles. The first-order valence-electron chi connectivity index (χ1n) is 10.7. The smallest absolute Gasteiger partial charge is 0.490 e. The third-order valence-corrected chi connectivity index (χ3v) is 4.91. The van der Waals surface area contributed by atoms with Gasteiger partial charge in [0.15, 0.2) is 11.5 Å². The van der Waals surface area contributed by atoms with E-state index in [0.717, 1.165) is 22.9 Å². The van der Waals surface area contributed by atoms with Crippen LogP contribution in [-0.4, -0.2) is 51.2 Å². The highest BCUT2D eigenvalue weighted by Gasteiger charge is 2.38. The number of hydrogen-bond donors (Lipinski definition) is 3. The van der Waals surface area contributed by atoms with Crippen molar-refractivity contribution in [1.29, 1.82) is 0 Å². The van der Waals surface area contributed by atoms with Crippen molar-refractivity contribution in [3.05, 3.63) is 71.5 Å². The lowest BCUT2D eigenvalue weighted by molar-refractivity contribution is -0.192. The fraction of sp³-hybridized carbons (Fsp3) is 0.167. The van der Waals surface area contributed by atoms with Gasteiger partial charge in [0.05, 0.1) is 25.6 Å². The second-order valence-corrected chi connectivity index (χ2v) is 7.89. The predicted octanol–water partition coefficient (Wildman–Crippen LogP) is 5.76. The van der Waals surface area contributed by atoms with E-state index in [4.69, 9.17) is 31.0 Å². The molecular formula is C24H22ClF3N6O4. The van der Waals surface area contributed by atoms with Crippen molar-refractivity contribution in [2.75, 3.05) is 24.9 Å². The molecule has 0 aliphatic heterocycles. The van der Waals surface area contributed by atoms with Crippen LogP contribution in [0.25, 0.3) is 5.69 Å². The molecule has 0 saturated heterocycles. The van der Waals surface area contributed by atoms with Gasteiger partial charge in [-0.05, 0) is 43.3 Å². The Labute approximate surface area is 220 Å². The Kier molecular flexibility index (Phi) is 8.97. The van der Waals surface area contributed by atoms with Crippen molar-refractivity contribution in [3.8, 4) is 17.2 Å². The van der Waals surface area contributed by atoms with E-state index in [-0.39, 0.29) is 0 Å². The first kappa shape index (κ1) is 28.1. The number of aliphatic carboxylic acids is 1. The molecule has 0 atom stereocenters. The van der Waals surface area contributed by atoms with E-state index in [9.17, 15) is 13.2 Å². The van der Waals surface area contributed by atoms with Gasteiger partial charge in [-0.15, -0.1) is 0 Å². The molecule has 0 amide bonds. The van der Waals surface area contributed by atoms with Crippen molar-refractivity contribution >= 4 is 40.8 Å². The second kappa shape index (κ2) is 12.1. The van der Waals surface area contributed by atoms with Crippen LogP contribution in [0.5, 0.6) is 11.5 Å². The topological polar surface area (TPSA) is 123 Å². The van der Waals surface area contributed by atoms with E-state index < -0.39 is 12.1 Å². The van der Waals surface area contributed by atoms with Crippen LogP contribution in [-0.2, 0) is 4.79 Å². The van der Waals surface area contributed by atoms with Crippen LogP contribution < -0.4 is 20.1 Å². The Hall–Kier alpha value is -4.52. The monoisotopic (exact) mass is 550 g/mol. The minimum atomic E-state index is -5.08. The highest BCUT2D eigenvalue weighted by Crippen LogP contribution is 2.31. The zero-order chi connectivity index (χ0) is 27.9. The zero-order valence-electron chi connectivity index (χ0n) is 20.2. The van der Waals surface area contributed by atoms with Crippen LogP contribution in [0.4, 0.5) is 36.4 Å². The Morgan fingerprint density at radius 3 is 2.37 bits per heavy atom. The Balaban J connectivity index is 0.000000505. The van der Waals surface area contributed by atoms with E-state index in [1.807, 2.05) is 55.5 Å². The average Bonchev–Trinajstić information content (AvgIpc) is 3.23. The number of carboxylic acid groups (broad SMARTS) is 1. The van der Waals surface area contributed by atoms with Crippen LogP contribution >= 0.6 is 11.6 Å². The summed E-state index contributed by atoms with van der Waals surface area (Å²) in [5.74, 6) is 0.309. The highest BCUT2D eigenvalue weighted by atomic mass is 35.5. The van der Waals surface area contributed by atoms with Crippen molar-refractivity contribution in [2.45, 2.75) is 13.1 Å². The number of nitrogens with one attached hydrogen (secondary N) is 2. The molecule has 0 unspecified atom stereocenters. The van der Waals surface area contributed by atoms with Crippen molar-refractivity contribution < 1.29 is 32.5 Å². The van der Waals surface area contributed by atoms with Gasteiger partial charge in [-0.25, -0.2) is 14.5 Å². The standard InChI is InChI=1S/C22H21ClN6O2.C2HF3O2/c1-14-11-21(29(28-14)17-6-4-5-15(23)12-17)26-20-9-10-24-22(27-20)25-16-7-8-18(30-2)19(13-16)31-3;3-2(4,5)1(6)7/h4-13H,1-3H3,(H2,24,25,26,27);(H,6,7). The molecule has 0 aliphatic carbocycles. The van der Waals surface area contributed by atoms with Gasteiger partial charge in [-0.1, -0.05) is 17.7 Å². The van der Waals surface area contributed by atoms with E-state index in [1.54, 1.807) is 31.2 Å². The predicted molar refractivity (Wildman–Crippen MR) is 135 cm³/mol. The number of carboxylic acids is 1. The number of anilines is 4. The molecule has 0 fully saturated rings. The van der Waals surface area contributed by atoms with Gasteiger partial charge in [0.25, 0.3) is 0 Å². The van der Waals surface area contributed by atoms with Crippen LogP contribution in [0, 0.1) is 6.92 Å². The minimum Gasteiger partial charge on any atom is -0.493 e. The maximum Gasteiger partial charge on any atom is 0.490 e. The number of rotatable bonds is 7. The summed E-state index contributed by atoms with van der Waals surface area (Å²) in [7, 11) is 3.19. The van der Waals surface area contributed by atoms with Gasteiger partial charge < -0.3 is 25.2 Å². The molecule has 0 aliphatic rings. The van der Waals surface area contributed by atoms with E-state index in [2.05, 4.69) is 25.7 Å². The summed E-state index contributed by atoms with van der Waals surface area (Å²) in [6, 6.07) is 16.7. The molecule has 2 aromatic heterocycles. The fourth-order valence-corrected chi connectivity index (χ4v) is 3.24. The number of alkyl halides is 3. The quantitative estimate of drug-likeness (QED) is 0.263. The van der Waals surface area contributed by atoms with Crippen LogP contribution in [0.15, 0.2) is 60.8 Å². The summed E-state index contributed by atoms with van der Waals surface area (Å²) >= 11 is 6.15. The van der Waals surface area contributed by atoms with Crippen LogP contribution in [0.1, 0.15) is 5.69 Å². The third kappa shape index (κ3) is 7.49. The molecule has 38 heavy (non-hydrogen) atoms. The van der Waals surface area contributed by atoms with E-state index >= 15 is 0 Å². The molecule has 4 rings (SSSR count). The fourth-order valence-electron chi connectivity index (χ4n) is 3.06. The Bertz CT molecular complexity index is 1410. The molecule has 0 radical (unpaired) electrons. The first-order chi connectivity index (χ1) is 18.0. The summed E-state index contributed by atoms with van der Waals surface area (Å²) in [5, 5.41) is 18.8. The van der Waals surface area contributed by atoms with Gasteiger partial charge in [0.1, 0.15) is 11.6 Å². The van der Waals surface area contributed by atoms with Gasteiger partial charge in [0, 0.05) is 29.0 Å². The van der Waals surface area contributed by atoms with Gasteiger partial charge in [-0.2, -0.15) is 23.3 Å². The van der Waals surface area contributed by atoms with Crippen LogP contribution in [0.3, 0.4) is 0 Å². The number of aromatic nitrogens is 4. The molecule has 14 heteroatoms. The molecule has 2 aromatic carbocycles. The number of ether oxygens (including phenoxy) is 2. The van der Waals surface area contributed by atoms with Gasteiger partial charge in [0.2, 0.25) is 5.95 Å². The van der Waals surface area contributed by atoms with Gasteiger partial charge >= 0.3 is 12.1 Å². The number of carbonyl (C=O) groups is 1. The first-order valence-corrected chi connectivity index (χ1v) is 11.1. The van der Waals surface area contributed by atoms with Crippen LogP contribution in [0.2, 0.25) is 5.02 Å². The van der Waals surface area contributed by atoms with Crippen molar-refractivity contribution in [1.82, 2.24) is 19.7 Å². The Morgan fingerprint density at radius 1 is 1.03 bits per heavy atom. The normalized spacial score (nSPS) is 10.7. The lowest BCUT2D eigenvalue weighted by atomic mass is 10.3. The number of nitrogens with zero attached hydrogens (tertiary/aromatic N) is 4. The van der Waals surface area contributed by atoms with Crippen molar-refractivity contribution in [2.24, 2.45) is 0 Å². The second-order valence-electron chi connectivity index (χ2n) is 7.45. The molecule has 0 bridgehead atoms. The summed E-state index contributed by atoms with van der Waals surface area (Å²) in [6.45, 7) is 1.93. The third-order valence-electron chi connectivity index (χ3n) is 4.68. The molecule has 10 nitrogen and oxygen atoms in total. The minimum absolute atomic E-state index is 0.433. The molecule has 4 aromatic rings. The maximum absolute atomic E-state index is 10.6. The summed E-state index contributed by atoms with van der Waals surface area (Å²) in [4.78, 5) is 17.7. The van der Waals surface area contributed by atoms with Gasteiger partial charge in [-0.3, -0.25) is 0 Å².